The minimum atomic E-state index is -0.0276. The van der Waals surface area contributed by atoms with E-state index in [1.807, 2.05) is 19.4 Å². The molecule has 15 heavy (non-hydrogen) atoms. The molecular formula is C10H15N5. The van der Waals surface area contributed by atoms with Crippen LogP contribution in [0.3, 0.4) is 0 Å². The van der Waals surface area contributed by atoms with Gasteiger partial charge in [-0.1, -0.05) is 0 Å². The molecule has 0 bridgehead atoms. The Balaban J connectivity index is 1.88. The molecule has 1 atom stereocenters. The highest BCUT2D eigenvalue weighted by atomic mass is 15.2. The third kappa shape index (κ3) is 2.44. The monoisotopic (exact) mass is 205 g/mol. The number of aromatic amines is 1. The van der Waals surface area contributed by atoms with Crippen LogP contribution in [-0.4, -0.2) is 19.7 Å². The lowest BCUT2D eigenvalue weighted by molar-refractivity contribution is 0.619. The summed E-state index contributed by atoms with van der Waals surface area (Å²) in [6.07, 6.45) is 9.19. The molecule has 1 unspecified atom stereocenters. The summed E-state index contributed by atoms with van der Waals surface area (Å²) in [6.45, 7) is 0. The van der Waals surface area contributed by atoms with E-state index in [1.54, 1.807) is 17.1 Å². The van der Waals surface area contributed by atoms with E-state index in [0.717, 1.165) is 18.7 Å². The Morgan fingerprint density at radius 3 is 3.07 bits per heavy atom. The van der Waals surface area contributed by atoms with E-state index in [4.69, 9.17) is 5.73 Å². The van der Waals surface area contributed by atoms with Crippen molar-refractivity contribution in [2.75, 3.05) is 0 Å². The van der Waals surface area contributed by atoms with Crippen molar-refractivity contribution in [2.45, 2.75) is 18.9 Å². The highest BCUT2D eigenvalue weighted by molar-refractivity contribution is 5.05. The zero-order valence-corrected chi connectivity index (χ0v) is 8.72. The molecule has 0 amide bonds. The maximum absolute atomic E-state index is 5.97. The molecule has 5 heteroatoms. The second-order valence-corrected chi connectivity index (χ2v) is 3.64. The van der Waals surface area contributed by atoms with Crippen molar-refractivity contribution in [1.82, 2.24) is 19.7 Å². The van der Waals surface area contributed by atoms with Crippen LogP contribution in [0.5, 0.6) is 0 Å². The van der Waals surface area contributed by atoms with E-state index >= 15 is 0 Å². The van der Waals surface area contributed by atoms with Crippen molar-refractivity contribution in [1.29, 1.82) is 0 Å². The van der Waals surface area contributed by atoms with Crippen LogP contribution < -0.4 is 5.73 Å². The Hall–Kier alpha value is -1.62. The van der Waals surface area contributed by atoms with E-state index in [-0.39, 0.29) is 6.04 Å². The second kappa shape index (κ2) is 4.27. The van der Waals surface area contributed by atoms with Gasteiger partial charge in [-0.2, -0.15) is 5.10 Å². The number of aryl methyl sites for hydroxylation is 2. The smallest absolute Gasteiger partial charge is 0.123 e. The van der Waals surface area contributed by atoms with Crippen molar-refractivity contribution in [3.8, 4) is 0 Å². The van der Waals surface area contributed by atoms with Gasteiger partial charge in [-0.3, -0.25) is 4.68 Å². The first-order valence-corrected chi connectivity index (χ1v) is 4.98. The maximum atomic E-state index is 5.97. The van der Waals surface area contributed by atoms with Crippen molar-refractivity contribution >= 4 is 0 Å². The fourth-order valence-electron chi connectivity index (χ4n) is 1.54. The van der Waals surface area contributed by atoms with E-state index in [9.17, 15) is 0 Å². The van der Waals surface area contributed by atoms with Gasteiger partial charge in [0.15, 0.2) is 0 Å². The van der Waals surface area contributed by atoms with Gasteiger partial charge in [-0.05, 0) is 18.4 Å². The highest BCUT2D eigenvalue weighted by Crippen LogP contribution is 2.12. The summed E-state index contributed by atoms with van der Waals surface area (Å²) < 4.78 is 1.80. The van der Waals surface area contributed by atoms with E-state index in [0.29, 0.717) is 0 Å². The van der Waals surface area contributed by atoms with Gasteiger partial charge in [0.05, 0.1) is 12.2 Å². The minimum absolute atomic E-state index is 0.0276. The van der Waals surface area contributed by atoms with Gasteiger partial charge in [-0.25, -0.2) is 4.98 Å². The van der Waals surface area contributed by atoms with Gasteiger partial charge >= 0.3 is 0 Å². The van der Waals surface area contributed by atoms with Gasteiger partial charge in [0.2, 0.25) is 0 Å². The molecule has 2 aromatic heterocycles. The summed E-state index contributed by atoms with van der Waals surface area (Å²) in [6, 6.07) is -0.0276. The van der Waals surface area contributed by atoms with Crippen molar-refractivity contribution < 1.29 is 0 Å². The Morgan fingerprint density at radius 1 is 1.60 bits per heavy atom. The third-order valence-electron chi connectivity index (χ3n) is 2.37. The Labute approximate surface area is 88.3 Å². The lowest BCUT2D eigenvalue weighted by Gasteiger charge is -2.06. The molecule has 5 nitrogen and oxygen atoms in total. The number of aromatic nitrogens is 4. The Bertz CT molecular complexity index is 403. The van der Waals surface area contributed by atoms with Crippen LogP contribution in [0.1, 0.15) is 23.9 Å². The van der Waals surface area contributed by atoms with Crippen LogP contribution in [0.4, 0.5) is 0 Å². The molecule has 0 spiro atoms. The number of nitrogens with one attached hydrogen (secondary N) is 1. The first-order chi connectivity index (χ1) is 7.25. The first-order valence-electron chi connectivity index (χ1n) is 4.98. The largest absolute Gasteiger partial charge is 0.347 e. The summed E-state index contributed by atoms with van der Waals surface area (Å²) in [5, 5.41) is 4.11. The topological polar surface area (TPSA) is 72.5 Å². The Morgan fingerprint density at radius 2 is 2.47 bits per heavy atom. The fourth-order valence-corrected chi connectivity index (χ4v) is 1.54. The van der Waals surface area contributed by atoms with E-state index in [2.05, 4.69) is 15.1 Å². The number of hydrogen-bond donors (Lipinski definition) is 2. The number of rotatable bonds is 4. The molecule has 80 valence electrons. The zero-order chi connectivity index (χ0) is 10.7. The summed E-state index contributed by atoms with van der Waals surface area (Å²) >= 11 is 0. The number of H-pyrrole nitrogens is 1. The van der Waals surface area contributed by atoms with Crippen LogP contribution in [0.15, 0.2) is 24.8 Å². The van der Waals surface area contributed by atoms with E-state index in [1.165, 1.54) is 5.56 Å². The van der Waals surface area contributed by atoms with Crippen molar-refractivity contribution in [2.24, 2.45) is 12.8 Å². The standard InChI is InChI=1S/C10H15N5/c1-15-7-8(6-14-15)2-3-9(11)10-12-4-5-13-10/h4-7,9H,2-3,11H2,1H3,(H,12,13). The zero-order valence-electron chi connectivity index (χ0n) is 8.72. The second-order valence-electron chi connectivity index (χ2n) is 3.64. The molecule has 2 aromatic rings. The lowest BCUT2D eigenvalue weighted by Crippen LogP contribution is -2.12. The minimum Gasteiger partial charge on any atom is -0.347 e. The number of hydrogen-bond acceptors (Lipinski definition) is 3. The van der Waals surface area contributed by atoms with Crippen LogP contribution in [0.25, 0.3) is 0 Å². The number of nitrogens with zero attached hydrogens (tertiary/aromatic N) is 3. The molecule has 0 fully saturated rings. The van der Waals surface area contributed by atoms with Gasteiger partial charge in [0.25, 0.3) is 0 Å². The third-order valence-corrected chi connectivity index (χ3v) is 2.37. The number of nitrogens with two attached hydrogens (primary N) is 1. The molecule has 0 aliphatic heterocycles. The highest BCUT2D eigenvalue weighted by Gasteiger charge is 2.08. The average molecular weight is 205 g/mol. The van der Waals surface area contributed by atoms with Gasteiger partial charge in [0, 0.05) is 25.6 Å². The van der Waals surface area contributed by atoms with Crippen LogP contribution in [0, 0.1) is 0 Å². The molecule has 0 saturated carbocycles. The predicted octanol–water partition coefficient (Wildman–Crippen LogP) is 0.776. The van der Waals surface area contributed by atoms with E-state index < -0.39 is 0 Å². The summed E-state index contributed by atoms with van der Waals surface area (Å²) in [4.78, 5) is 7.15. The first kappa shape index (κ1) is 9.92. The Kier molecular flexibility index (Phi) is 2.82. The quantitative estimate of drug-likeness (QED) is 0.774. The van der Waals surface area contributed by atoms with Crippen LogP contribution in [0.2, 0.25) is 0 Å². The molecule has 3 N–H and O–H groups in total. The summed E-state index contributed by atoms with van der Waals surface area (Å²) in [7, 11) is 1.91. The lowest BCUT2D eigenvalue weighted by atomic mass is 10.1. The normalized spacial score (nSPS) is 12.9. The molecule has 2 heterocycles. The summed E-state index contributed by atoms with van der Waals surface area (Å²) in [5.41, 5.74) is 7.18. The predicted molar refractivity (Wildman–Crippen MR) is 57.0 cm³/mol. The number of imidazole rings is 1. The van der Waals surface area contributed by atoms with Crippen LogP contribution in [-0.2, 0) is 13.5 Å². The fraction of sp³-hybridized carbons (Fsp3) is 0.400. The average Bonchev–Trinajstić information content (AvgIpc) is 2.84. The molecule has 0 aliphatic rings. The van der Waals surface area contributed by atoms with Gasteiger partial charge in [0.1, 0.15) is 5.82 Å². The van der Waals surface area contributed by atoms with Crippen LogP contribution >= 0.6 is 0 Å². The molecule has 0 aliphatic carbocycles. The van der Waals surface area contributed by atoms with Gasteiger partial charge < -0.3 is 10.7 Å². The maximum Gasteiger partial charge on any atom is 0.123 e. The molecular weight excluding hydrogens is 190 g/mol. The van der Waals surface area contributed by atoms with Gasteiger partial charge in [-0.15, -0.1) is 0 Å². The molecule has 0 saturated heterocycles. The molecule has 0 aromatic carbocycles. The summed E-state index contributed by atoms with van der Waals surface area (Å²) in [5.74, 6) is 0.846. The molecule has 2 rings (SSSR count). The SMILES string of the molecule is Cn1cc(CCC(N)c2ncc[nH]2)cn1. The molecule has 0 radical (unpaired) electrons. The van der Waals surface area contributed by atoms with Crippen molar-refractivity contribution in [3.63, 3.8) is 0 Å². The van der Waals surface area contributed by atoms with Crippen molar-refractivity contribution in [3.05, 3.63) is 36.2 Å².